The van der Waals surface area contributed by atoms with Gasteiger partial charge in [-0.15, -0.1) is 0 Å². The molecule has 1 amide bonds. The third kappa shape index (κ3) is 5.68. The molecule has 0 bridgehead atoms. The number of hydrogen-bond acceptors (Lipinski definition) is 5. The first-order valence-corrected chi connectivity index (χ1v) is 10.0. The van der Waals surface area contributed by atoms with Gasteiger partial charge >= 0.3 is 0 Å². The van der Waals surface area contributed by atoms with Gasteiger partial charge in [-0.25, -0.2) is 0 Å². The van der Waals surface area contributed by atoms with E-state index in [1.54, 1.807) is 13.2 Å². The Hall–Kier alpha value is -2.64. The molecule has 0 aromatic heterocycles. The van der Waals surface area contributed by atoms with Crippen LogP contribution in [0.2, 0.25) is 0 Å². The van der Waals surface area contributed by atoms with E-state index < -0.39 is 0 Å². The molecule has 0 radical (unpaired) electrons. The molecule has 1 fully saturated rings. The van der Waals surface area contributed by atoms with Gasteiger partial charge in [0.25, 0.3) is 5.91 Å². The van der Waals surface area contributed by atoms with E-state index in [0.29, 0.717) is 11.5 Å². The Bertz CT molecular complexity index is 879. The zero-order valence-electron chi connectivity index (χ0n) is 17.1. The van der Waals surface area contributed by atoms with Crippen LogP contribution in [0.3, 0.4) is 0 Å². The first-order chi connectivity index (χ1) is 14.0. The fourth-order valence-electron chi connectivity index (χ4n) is 3.18. The van der Waals surface area contributed by atoms with Crippen LogP contribution in [0.1, 0.15) is 11.1 Å². The number of ether oxygens (including phenoxy) is 2. The van der Waals surface area contributed by atoms with Crippen LogP contribution in [0.15, 0.2) is 42.5 Å². The summed E-state index contributed by atoms with van der Waals surface area (Å²) in [4.78, 5) is 17.5. The number of benzene rings is 2. The second-order valence-electron chi connectivity index (χ2n) is 7.17. The van der Waals surface area contributed by atoms with Gasteiger partial charge in [0.2, 0.25) is 0 Å². The molecule has 3 rings (SSSR count). The van der Waals surface area contributed by atoms with Crippen LogP contribution in [0, 0.1) is 6.92 Å². The standard InChI is InChI=1S/C22H27N3O3S/c1-16-5-4-6-18(13-16)23-21(26)15-28-19-8-7-17(14-20(19)27-3)22(29)25-11-9-24(2)10-12-25/h4-8,13-14H,9-12,15H2,1-3H3,(H,23,26). The van der Waals surface area contributed by atoms with Gasteiger partial charge in [-0.2, -0.15) is 0 Å². The highest BCUT2D eigenvalue weighted by Crippen LogP contribution is 2.29. The Labute approximate surface area is 177 Å². The summed E-state index contributed by atoms with van der Waals surface area (Å²) in [6.07, 6.45) is 0. The predicted molar refractivity (Wildman–Crippen MR) is 119 cm³/mol. The lowest BCUT2D eigenvalue weighted by Gasteiger charge is -2.34. The molecule has 0 spiro atoms. The SMILES string of the molecule is COc1cc(C(=S)N2CCN(C)CC2)ccc1OCC(=O)Nc1cccc(C)c1. The number of thiocarbonyl (C=S) groups is 1. The van der Waals surface area contributed by atoms with E-state index in [1.807, 2.05) is 43.3 Å². The van der Waals surface area contributed by atoms with E-state index in [1.165, 1.54) is 0 Å². The number of hydrogen-bond donors (Lipinski definition) is 1. The number of piperazine rings is 1. The third-order valence-electron chi connectivity index (χ3n) is 4.86. The van der Waals surface area contributed by atoms with E-state index in [4.69, 9.17) is 21.7 Å². The average Bonchev–Trinajstić information content (AvgIpc) is 2.72. The van der Waals surface area contributed by atoms with Crippen molar-refractivity contribution in [3.05, 3.63) is 53.6 Å². The molecule has 1 saturated heterocycles. The summed E-state index contributed by atoms with van der Waals surface area (Å²) < 4.78 is 11.1. The molecule has 154 valence electrons. The van der Waals surface area contributed by atoms with Gasteiger partial charge in [0, 0.05) is 37.4 Å². The molecule has 29 heavy (non-hydrogen) atoms. The quantitative estimate of drug-likeness (QED) is 0.735. The molecule has 0 atom stereocenters. The van der Waals surface area contributed by atoms with Crippen LogP contribution < -0.4 is 14.8 Å². The number of nitrogens with zero attached hydrogens (tertiary/aromatic N) is 2. The molecule has 0 saturated carbocycles. The lowest BCUT2D eigenvalue weighted by Crippen LogP contribution is -2.46. The maximum absolute atomic E-state index is 12.2. The van der Waals surface area contributed by atoms with E-state index in [0.717, 1.165) is 48.0 Å². The van der Waals surface area contributed by atoms with Gasteiger partial charge in [0.1, 0.15) is 4.99 Å². The van der Waals surface area contributed by atoms with Crippen molar-refractivity contribution in [3.63, 3.8) is 0 Å². The van der Waals surface area contributed by atoms with Crippen LogP contribution in [0.5, 0.6) is 11.5 Å². The second kappa shape index (κ2) is 9.71. The number of likely N-dealkylation sites (N-methyl/N-ethyl adjacent to an activating group) is 1. The van der Waals surface area contributed by atoms with Gasteiger partial charge in [0.05, 0.1) is 7.11 Å². The zero-order chi connectivity index (χ0) is 20.8. The smallest absolute Gasteiger partial charge is 0.262 e. The first kappa shape index (κ1) is 21.1. The number of rotatable bonds is 6. The van der Waals surface area contributed by atoms with Crippen LogP contribution in [0.25, 0.3) is 0 Å². The number of carbonyl (C=O) groups excluding carboxylic acids is 1. The molecule has 7 heteroatoms. The normalized spacial score (nSPS) is 14.4. The molecule has 1 aliphatic heterocycles. The van der Waals surface area contributed by atoms with E-state index in [2.05, 4.69) is 22.2 Å². The highest BCUT2D eigenvalue weighted by Gasteiger charge is 2.19. The average molecular weight is 414 g/mol. The third-order valence-corrected chi connectivity index (χ3v) is 5.36. The van der Waals surface area contributed by atoms with Gasteiger partial charge < -0.3 is 24.6 Å². The van der Waals surface area contributed by atoms with Crippen molar-refractivity contribution in [2.75, 3.05) is 52.3 Å². The van der Waals surface area contributed by atoms with Crippen molar-refractivity contribution in [1.29, 1.82) is 0 Å². The largest absolute Gasteiger partial charge is 0.493 e. The van der Waals surface area contributed by atoms with Crippen LogP contribution in [-0.4, -0.2) is 67.6 Å². The molecule has 1 aliphatic rings. The van der Waals surface area contributed by atoms with Crippen LogP contribution in [-0.2, 0) is 4.79 Å². The van der Waals surface area contributed by atoms with Crippen LogP contribution in [0.4, 0.5) is 5.69 Å². The van der Waals surface area contributed by atoms with Crippen molar-refractivity contribution in [2.24, 2.45) is 0 Å². The topological polar surface area (TPSA) is 54.0 Å². The monoisotopic (exact) mass is 413 g/mol. The predicted octanol–water partition coefficient (Wildman–Crippen LogP) is 2.94. The highest BCUT2D eigenvalue weighted by molar-refractivity contribution is 7.80. The van der Waals surface area contributed by atoms with Crippen LogP contribution >= 0.6 is 12.2 Å². The number of amides is 1. The lowest BCUT2D eigenvalue weighted by atomic mass is 10.1. The summed E-state index contributed by atoms with van der Waals surface area (Å²) in [6.45, 7) is 5.69. The van der Waals surface area contributed by atoms with Crippen molar-refractivity contribution in [1.82, 2.24) is 9.80 Å². The maximum atomic E-state index is 12.2. The minimum atomic E-state index is -0.227. The number of methoxy groups -OCH3 is 1. The number of aryl methyl sites for hydroxylation is 1. The summed E-state index contributed by atoms with van der Waals surface area (Å²) in [5.74, 6) is 0.842. The Morgan fingerprint density at radius 3 is 2.55 bits per heavy atom. The summed E-state index contributed by atoms with van der Waals surface area (Å²) in [5, 5.41) is 2.83. The maximum Gasteiger partial charge on any atom is 0.262 e. The number of anilines is 1. The summed E-state index contributed by atoms with van der Waals surface area (Å²) in [6, 6.07) is 13.2. The molecule has 2 aromatic rings. The van der Waals surface area contributed by atoms with Gasteiger partial charge in [-0.05, 0) is 49.9 Å². The van der Waals surface area contributed by atoms with E-state index >= 15 is 0 Å². The fourth-order valence-corrected chi connectivity index (χ4v) is 3.48. The Morgan fingerprint density at radius 2 is 1.86 bits per heavy atom. The molecular weight excluding hydrogens is 386 g/mol. The second-order valence-corrected chi connectivity index (χ2v) is 7.55. The van der Waals surface area contributed by atoms with Gasteiger partial charge in [-0.3, -0.25) is 4.79 Å². The summed E-state index contributed by atoms with van der Waals surface area (Å²) >= 11 is 5.67. The zero-order valence-corrected chi connectivity index (χ0v) is 17.9. The first-order valence-electron chi connectivity index (χ1n) is 9.61. The molecule has 6 nitrogen and oxygen atoms in total. The van der Waals surface area contributed by atoms with Crippen molar-refractivity contribution in [3.8, 4) is 11.5 Å². The minimum absolute atomic E-state index is 0.105. The lowest BCUT2D eigenvalue weighted by molar-refractivity contribution is -0.118. The van der Waals surface area contributed by atoms with Gasteiger partial charge in [0.15, 0.2) is 18.1 Å². The fraction of sp³-hybridized carbons (Fsp3) is 0.364. The summed E-state index contributed by atoms with van der Waals surface area (Å²) in [5.41, 5.74) is 2.74. The molecule has 0 unspecified atom stereocenters. The van der Waals surface area contributed by atoms with Gasteiger partial charge in [-0.1, -0.05) is 24.4 Å². The van der Waals surface area contributed by atoms with Crippen molar-refractivity contribution < 1.29 is 14.3 Å². The Balaban J connectivity index is 1.61. The molecule has 1 N–H and O–H groups in total. The molecule has 2 aromatic carbocycles. The molecule has 0 aliphatic carbocycles. The Morgan fingerprint density at radius 1 is 1.10 bits per heavy atom. The van der Waals surface area contributed by atoms with E-state index in [9.17, 15) is 4.79 Å². The summed E-state index contributed by atoms with van der Waals surface area (Å²) in [7, 11) is 3.70. The Kier molecular flexibility index (Phi) is 7.06. The molecule has 1 heterocycles. The minimum Gasteiger partial charge on any atom is -0.493 e. The van der Waals surface area contributed by atoms with E-state index in [-0.39, 0.29) is 12.5 Å². The highest BCUT2D eigenvalue weighted by atomic mass is 32.1. The molecular formula is C22H27N3O3S. The van der Waals surface area contributed by atoms with Crippen molar-refractivity contribution >= 4 is 28.8 Å². The van der Waals surface area contributed by atoms with Crippen molar-refractivity contribution in [2.45, 2.75) is 6.92 Å². The number of carbonyl (C=O) groups is 1. The number of nitrogens with one attached hydrogen (secondary N) is 1.